The largest absolute Gasteiger partial charge is 0.352 e. The lowest BCUT2D eigenvalue weighted by atomic mass is 9.97. The number of nitrogens with zero attached hydrogens (tertiary/aromatic N) is 2. The predicted octanol–water partition coefficient (Wildman–Crippen LogP) is 6.43. The first kappa shape index (κ1) is 29.9. The molecule has 2 aromatic rings. The van der Waals surface area contributed by atoms with Crippen LogP contribution in [0.25, 0.3) is 5.57 Å². The molecule has 8 heteroatoms. The highest BCUT2D eigenvalue weighted by atomic mass is 19.2. The molecule has 6 nitrogen and oxygen atoms in total. The van der Waals surface area contributed by atoms with Crippen molar-refractivity contribution in [1.29, 1.82) is 0 Å². The molecule has 2 aromatic carbocycles. The van der Waals surface area contributed by atoms with Crippen LogP contribution in [0.3, 0.4) is 0 Å². The highest BCUT2D eigenvalue weighted by Crippen LogP contribution is 2.23. The number of halogens is 2. The first-order chi connectivity index (χ1) is 18.7. The topological polar surface area (TPSA) is 77.9 Å². The second-order valence-corrected chi connectivity index (χ2v) is 9.80. The number of allylic oxidation sites excluding steroid dienone is 2. The summed E-state index contributed by atoms with van der Waals surface area (Å²) in [4.78, 5) is 21.9. The molecule has 0 bridgehead atoms. The minimum absolute atomic E-state index is 0.0575. The summed E-state index contributed by atoms with van der Waals surface area (Å²) in [6.45, 7) is 11.6. The van der Waals surface area contributed by atoms with E-state index in [1.54, 1.807) is 38.3 Å². The van der Waals surface area contributed by atoms with Crippen molar-refractivity contribution in [1.82, 2.24) is 10.6 Å². The Kier molecular flexibility index (Phi) is 11.1. The normalized spacial score (nSPS) is 15.6. The molecule has 1 aliphatic heterocycles. The SMILES string of the molecule is C\C=C/N=C(Nc1ccc(C(=O)NCC2CCNCC2)c(CC)c1)\C(C)=N\C=C(/C)c1ccc(C)c(F)c1F. The van der Waals surface area contributed by atoms with Gasteiger partial charge in [-0.25, -0.2) is 13.8 Å². The maximum Gasteiger partial charge on any atom is 0.251 e. The fraction of sp³-hybridized carbons (Fsp3) is 0.387. The number of aryl methyl sites for hydroxylation is 2. The fourth-order valence-electron chi connectivity index (χ4n) is 4.38. The van der Waals surface area contributed by atoms with Crippen molar-refractivity contribution in [2.24, 2.45) is 15.9 Å². The molecule has 0 spiro atoms. The molecule has 0 aliphatic carbocycles. The molecule has 3 N–H and O–H groups in total. The maximum atomic E-state index is 14.4. The molecule has 1 heterocycles. The number of hydrogen-bond donors (Lipinski definition) is 3. The maximum absolute atomic E-state index is 14.4. The van der Waals surface area contributed by atoms with Crippen molar-refractivity contribution in [2.45, 2.75) is 53.9 Å². The molecule has 0 radical (unpaired) electrons. The third-order valence-corrected chi connectivity index (χ3v) is 6.85. The average Bonchev–Trinajstić information content (AvgIpc) is 2.95. The molecule has 1 fully saturated rings. The van der Waals surface area contributed by atoms with Gasteiger partial charge in [0.1, 0.15) is 0 Å². The standard InChI is InChI=1S/C31H39F2N5O/c1-6-14-35-30(22(5)36-18-21(4)26-10-8-20(3)28(32)29(26)33)38-25-9-11-27(24(7-2)17-25)31(39)37-19-23-12-15-34-16-13-23/h6,8-11,14,17-18,23,34H,7,12-13,15-16,19H2,1-5H3,(H,35,38)(H,37,39)/b14-6-,21-18+,36-22+. The summed E-state index contributed by atoms with van der Waals surface area (Å²) in [5.74, 6) is -0.790. The summed E-state index contributed by atoms with van der Waals surface area (Å²) >= 11 is 0. The van der Waals surface area contributed by atoms with Crippen LogP contribution in [0.2, 0.25) is 0 Å². The van der Waals surface area contributed by atoms with Gasteiger partial charge in [-0.05, 0) is 101 Å². The number of benzene rings is 2. The molecule has 39 heavy (non-hydrogen) atoms. The highest BCUT2D eigenvalue weighted by Gasteiger charge is 2.17. The van der Waals surface area contributed by atoms with Crippen LogP contribution in [0, 0.1) is 24.5 Å². The van der Waals surface area contributed by atoms with E-state index in [0.717, 1.165) is 37.2 Å². The predicted molar refractivity (Wildman–Crippen MR) is 157 cm³/mol. The van der Waals surface area contributed by atoms with Crippen molar-refractivity contribution in [3.05, 3.63) is 82.7 Å². The molecular formula is C31H39F2N5O. The van der Waals surface area contributed by atoms with Crippen LogP contribution in [-0.4, -0.2) is 37.1 Å². The Hall–Kier alpha value is -3.65. The number of hydrogen-bond acceptors (Lipinski definition) is 4. The Labute approximate surface area is 230 Å². The Morgan fingerprint density at radius 3 is 2.49 bits per heavy atom. The van der Waals surface area contributed by atoms with E-state index >= 15 is 0 Å². The number of rotatable bonds is 9. The molecule has 1 saturated heterocycles. The summed E-state index contributed by atoms with van der Waals surface area (Å²) in [5.41, 5.74) is 3.83. The van der Waals surface area contributed by atoms with E-state index in [1.165, 1.54) is 13.1 Å². The van der Waals surface area contributed by atoms with Gasteiger partial charge in [0, 0.05) is 35.8 Å². The summed E-state index contributed by atoms with van der Waals surface area (Å²) in [6, 6.07) is 8.72. The first-order valence-corrected chi connectivity index (χ1v) is 13.5. The first-order valence-electron chi connectivity index (χ1n) is 13.5. The van der Waals surface area contributed by atoms with Gasteiger partial charge in [0.25, 0.3) is 5.91 Å². The van der Waals surface area contributed by atoms with E-state index in [1.807, 2.05) is 32.0 Å². The van der Waals surface area contributed by atoms with Gasteiger partial charge in [-0.15, -0.1) is 0 Å². The molecule has 0 aromatic heterocycles. The van der Waals surface area contributed by atoms with Gasteiger partial charge in [-0.1, -0.05) is 25.1 Å². The van der Waals surface area contributed by atoms with Gasteiger partial charge in [0.15, 0.2) is 17.5 Å². The lowest BCUT2D eigenvalue weighted by Gasteiger charge is -2.23. The van der Waals surface area contributed by atoms with E-state index in [9.17, 15) is 13.6 Å². The Morgan fingerprint density at radius 1 is 1.08 bits per heavy atom. The molecule has 0 saturated carbocycles. The number of amidine groups is 1. The quantitative estimate of drug-likeness (QED) is 0.256. The summed E-state index contributed by atoms with van der Waals surface area (Å²) in [7, 11) is 0. The van der Waals surface area contributed by atoms with E-state index < -0.39 is 11.6 Å². The van der Waals surface area contributed by atoms with Crippen LogP contribution in [0.1, 0.15) is 67.6 Å². The highest BCUT2D eigenvalue weighted by molar-refractivity contribution is 6.45. The van der Waals surface area contributed by atoms with Crippen LogP contribution in [0.15, 0.2) is 58.8 Å². The monoisotopic (exact) mass is 535 g/mol. The Balaban J connectivity index is 1.78. The summed E-state index contributed by atoms with van der Waals surface area (Å²) < 4.78 is 28.4. The minimum atomic E-state index is -0.885. The van der Waals surface area contributed by atoms with Crippen LogP contribution in [0.4, 0.5) is 14.5 Å². The number of amides is 1. The van der Waals surface area contributed by atoms with Gasteiger partial charge in [-0.3, -0.25) is 9.79 Å². The molecule has 1 aliphatic rings. The third kappa shape index (κ3) is 8.17. The Morgan fingerprint density at radius 2 is 1.79 bits per heavy atom. The van der Waals surface area contributed by atoms with Crippen LogP contribution >= 0.6 is 0 Å². The lowest BCUT2D eigenvalue weighted by molar-refractivity contribution is 0.0943. The number of anilines is 1. The number of carbonyl (C=O) groups excluding carboxylic acids is 1. The number of piperidine rings is 1. The van der Waals surface area contributed by atoms with Gasteiger partial charge in [-0.2, -0.15) is 0 Å². The van der Waals surface area contributed by atoms with Crippen LogP contribution < -0.4 is 16.0 Å². The number of carbonyl (C=O) groups is 1. The van der Waals surface area contributed by atoms with Gasteiger partial charge in [0.2, 0.25) is 0 Å². The van der Waals surface area contributed by atoms with Crippen molar-refractivity contribution >= 4 is 28.7 Å². The molecular weight excluding hydrogens is 496 g/mol. The van der Waals surface area contributed by atoms with E-state index in [4.69, 9.17) is 0 Å². The van der Waals surface area contributed by atoms with Crippen molar-refractivity contribution in [3.8, 4) is 0 Å². The van der Waals surface area contributed by atoms with Crippen LogP contribution in [0.5, 0.6) is 0 Å². The minimum Gasteiger partial charge on any atom is -0.352 e. The fourth-order valence-corrected chi connectivity index (χ4v) is 4.38. The number of nitrogens with one attached hydrogen (secondary N) is 3. The Bertz CT molecular complexity index is 1290. The average molecular weight is 536 g/mol. The van der Waals surface area contributed by atoms with Crippen molar-refractivity contribution in [2.75, 3.05) is 25.0 Å². The second-order valence-electron chi connectivity index (χ2n) is 9.80. The molecule has 208 valence electrons. The van der Waals surface area contributed by atoms with Crippen molar-refractivity contribution < 1.29 is 13.6 Å². The molecule has 0 atom stereocenters. The third-order valence-electron chi connectivity index (χ3n) is 6.85. The van der Waals surface area contributed by atoms with Crippen LogP contribution in [-0.2, 0) is 6.42 Å². The van der Waals surface area contributed by atoms with Gasteiger partial charge >= 0.3 is 0 Å². The molecule has 0 unspecified atom stereocenters. The summed E-state index contributed by atoms with van der Waals surface area (Å²) in [5, 5.41) is 9.75. The zero-order valence-corrected chi connectivity index (χ0v) is 23.5. The second kappa shape index (κ2) is 14.5. The smallest absolute Gasteiger partial charge is 0.251 e. The molecule has 3 rings (SSSR count). The van der Waals surface area contributed by atoms with E-state index in [-0.39, 0.29) is 17.0 Å². The van der Waals surface area contributed by atoms with E-state index in [0.29, 0.717) is 41.6 Å². The van der Waals surface area contributed by atoms with Gasteiger partial charge in [0.05, 0.1) is 5.71 Å². The molecule has 1 amide bonds. The zero-order valence-electron chi connectivity index (χ0n) is 23.5. The van der Waals surface area contributed by atoms with Gasteiger partial charge < -0.3 is 16.0 Å². The lowest BCUT2D eigenvalue weighted by Crippen LogP contribution is -2.36. The van der Waals surface area contributed by atoms with Crippen molar-refractivity contribution in [3.63, 3.8) is 0 Å². The summed E-state index contributed by atoms with van der Waals surface area (Å²) in [6.07, 6.45) is 7.79. The zero-order chi connectivity index (χ0) is 28.4. The van der Waals surface area contributed by atoms with E-state index in [2.05, 4.69) is 25.9 Å². The number of aliphatic imine (C=N–C) groups is 2.